The smallest absolute Gasteiger partial charge is 0.165 e. The first-order chi connectivity index (χ1) is 13.3. The van der Waals surface area contributed by atoms with E-state index in [-0.39, 0.29) is 10.8 Å². The number of aryl methyl sites for hydroxylation is 1. The largest absolute Gasteiger partial charge is 0.493 e. The van der Waals surface area contributed by atoms with E-state index in [4.69, 9.17) is 14.5 Å². The van der Waals surface area contributed by atoms with Crippen molar-refractivity contribution in [1.29, 1.82) is 0 Å². The molecule has 0 saturated heterocycles. The van der Waals surface area contributed by atoms with Gasteiger partial charge in [-0.3, -0.25) is 0 Å². The van der Waals surface area contributed by atoms with E-state index in [0.717, 1.165) is 31.6 Å². The van der Waals surface area contributed by atoms with E-state index in [2.05, 4.69) is 71.9 Å². The SMILES string of the molecule is CCC(CC)(c1ccc(OOC)cc1)c1ccc(OCCC(C)(C)C)c(C)c1. The van der Waals surface area contributed by atoms with Crippen molar-refractivity contribution in [3.8, 4) is 11.5 Å². The maximum atomic E-state index is 6.07. The lowest BCUT2D eigenvalue weighted by atomic mass is 9.70. The van der Waals surface area contributed by atoms with Crippen LogP contribution in [0.2, 0.25) is 0 Å². The van der Waals surface area contributed by atoms with Gasteiger partial charge < -0.3 is 9.62 Å². The van der Waals surface area contributed by atoms with E-state index < -0.39 is 0 Å². The summed E-state index contributed by atoms with van der Waals surface area (Å²) in [6, 6.07) is 14.9. The lowest BCUT2D eigenvalue weighted by Crippen LogP contribution is -2.26. The standard InChI is InChI=1S/C25H36O3/c1-8-25(9-2,20-10-13-22(14-11-20)28-26-7)21-12-15-23(19(3)18-21)27-17-16-24(4,5)6/h10-15,18H,8-9,16-17H2,1-7H3. The molecule has 3 nitrogen and oxygen atoms in total. The van der Waals surface area contributed by atoms with Crippen LogP contribution in [0.3, 0.4) is 0 Å². The maximum Gasteiger partial charge on any atom is 0.165 e. The molecule has 154 valence electrons. The first-order valence-electron chi connectivity index (χ1n) is 10.3. The monoisotopic (exact) mass is 384 g/mol. The molecule has 0 heterocycles. The number of ether oxygens (including phenoxy) is 1. The van der Waals surface area contributed by atoms with Crippen molar-refractivity contribution in [3.05, 3.63) is 59.2 Å². The van der Waals surface area contributed by atoms with E-state index in [9.17, 15) is 0 Å². The zero-order chi connectivity index (χ0) is 20.8. The van der Waals surface area contributed by atoms with Crippen molar-refractivity contribution in [2.75, 3.05) is 13.7 Å². The third-order valence-electron chi connectivity index (χ3n) is 5.63. The summed E-state index contributed by atoms with van der Waals surface area (Å²) >= 11 is 0. The molecule has 2 aromatic rings. The summed E-state index contributed by atoms with van der Waals surface area (Å²) in [6.45, 7) is 14.1. The molecule has 0 aromatic heterocycles. The second-order valence-electron chi connectivity index (χ2n) is 8.70. The van der Waals surface area contributed by atoms with Crippen LogP contribution in [0, 0.1) is 12.3 Å². The van der Waals surface area contributed by atoms with Crippen LogP contribution in [0.25, 0.3) is 0 Å². The summed E-state index contributed by atoms with van der Waals surface area (Å²) in [4.78, 5) is 9.88. The summed E-state index contributed by atoms with van der Waals surface area (Å²) in [5, 5.41) is 0. The normalized spacial score (nSPS) is 12.1. The first-order valence-corrected chi connectivity index (χ1v) is 10.3. The predicted octanol–water partition coefficient (Wildman–Crippen LogP) is 6.86. The van der Waals surface area contributed by atoms with Crippen molar-refractivity contribution in [2.45, 2.75) is 66.2 Å². The van der Waals surface area contributed by atoms with Crippen LogP contribution in [-0.2, 0) is 10.3 Å². The highest BCUT2D eigenvalue weighted by Crippen LogP contribution is 2.40. The molecule has 0 atom stereocenters. The topological polar surface area (TPSA) is 27.7 Å². The van der Waals surface area contributed by atoms with Gasteiger partial charge in [0.1, 0.15) is 5.75 Å². The highest BCUT2D eigenvalue weighted by molar-refractivity contribution is 5.46. The molecule has 0 saturated carbocycles. The molecule has 2 rings (SSSR count). The molecule has 0 aliphatic heterocycles. The van der Waals surface area contributed by atoms with Crippen molar-refractivity contribution in [3.63, 3.8) is 0 Å². The summed E-state index contributed by atoms with van der Waals surface area (Å²) < 4.78 is 6.07. The Morgan fingerprint density at radius 2 is 1.46 bits per heavy atom. The van der Waals surface area contributed by atoms with E-state index in [0.29, 0.717) is 5.75 Å². The molecule has 0 radical (unpaired) electrons. The molecular weight excluding hydrogens is 348 g/mol. The predicted molar refractivity (Wildman–Crippen MR) is 116 cm³/mol. The van der Waals surface area contributed by atoms with Gasteiger partial charge in [-0.2, -0.15) is 4.89 Å². The minimum absolute atomic E-state index is 0.0275. The second kappa shape index (κ2) is 9.47. The Balaban J connectivity index is 2.29. The zero-order valence-electron chi connectivity index (χ0n) is 18.6. The molecule has 28 heavy (non-hydrogen) atoms. The minimum atomic E-state index is -0.0275. The van der Waals surface area contributed by atoms with E-state index in [1.807, 2.05) is 12.1 Å². The first kappa shape index (κ1) is 22.3. The number of hydrogen-bond donors (Lipinski definition) is 0. The van der Waals surface area contributed by atoms with E-state index in [1.54, 1.807) is 0 Å². The Hall–Kier alpha value is -2.00. The molecular formula is C25H36O3. The van der Waals surface area contributed by atoms with Gasteiger partial charge in [-0.15, -0.1) is 0 Å². The summed E-state index contributed by atoms with van der Waals surface area (Å²) in [7, 11) is 1.52. The molecule has 2 aromatic carbocycles. The van der Waals surface area contributed by atoms with E-state index in [1.165, 1.54) is 23.8 Å². The fraction of sp³-hybridized carbons (Fsp3) is 0.520. The van der Waals surface area contributed by atoms with Gasteiger partial charge in [-0.25, -0.2) is 0 Å². The average Bonchev–Trinajstić information content (AvgIpc) is 2.65. The van der Waals surface area contributed by atoms with Gasteiger partial charge in [0, 0.05) is 5.41 Å². The third kappa shape index (κ3) is 5.29. The van der Waals surface area contributed by atoms with Gasteiger partial charge in [-0.05, 0) is 66.5 Å². The third-order valence-corrected chi connectivity index (χ3v) is 5.63. The second-order valence-corrected chi connectivity index (χ2v) is 8.70. The fourth-order valence-corrected chi connectivity index (χ4v) is 3.74. The Bertz CT molecular complexity index is 737. The Morgan fingerprint density at radius 1 is 0.857 bits per heavy atom. The molecule has 0 aliphatic rings. The van der Waals surface area contributed by atoms with Gasteiger partial charge in [0.15, 0.2) is 5.75 Å². The molecule has 0 spiro atoms. The molecule has 0 amide bonds. The van der Waals surface area contributed by atoms with Crippen molar-refractivity contribution in [1.82, 2.24) is 0 Å². The Kier molecular flexibility index (Phi) is 7.54. The van der Waals surface area contributed by atoms with Crippen LogP contribution < -0.4 is 9.62 Å². The summed E-state index contributed by atoms with van der Waals surface area (Å²) in [5.74, 6) is 1.70. The number of benzene rings is 2. The van der Waals surface area contributed by atoms with Crippen LogP contribution >= 0.6 is 0 Å². The number of rotatable bonds is 9. The molecule has 3 heteroatoms. The van der Waals surface area contributed by atoms with Gasteiger partial charge in [0.05, 0.1) is 13.7 Å². The maximum absolute atomic E-state index is 6.07. The van der Waals surface area contributed by atoms with Crippen LogP contribution in [0.5, 0.6) is 11.5 Å². The van der Waals surface area contributed by atoms with Gasteiger partial charge in [0.2, 0.25) is 0 Å². The highest BCUT2D eigenvalue weighted by Gasteiger charge is 2.31. The van der Waals surface area contributed by atoms with Gasteiger partial charge in [0.25, 0.3) is 0 Å². The highest BCUT2D eigenvalue weighted by atomic mass is 17.2. The van der Waals surface area contributed by atoms with E-state index >= 15 is 0 Å². The quantitative estimate of drug-likeness (QED) is 0.349. The number of hydrogen-bond acceptors (Lipinski definition) is 3. The Labute approximate surface area is 171 Å². The lowest BCUT2D eigenvalue weighted by molar-refractivity contribution is -0.178. The fourth-order valence-electron chi connectivity index (χ4n) is 3.74. The van der Waals surface area contributed by atoms with Crippen LogP contribution in [0.4, 0.5) is 0 Å². The van der Waals surface area contributed by atoms with Gasteiger partial charge in [-0.1, -0.05) is 58.9 Å². The summed E-state index contributed by atoms with van der Waals surface area (Å²) in [6.07, 6.45) is 3.09. The molecule has 0 aliphatic carbocycles. The van der Waals surface area contributed by atoms with Crippen LogP contribution in [0.1, 0.15) is 70.6 Å². The lowest BCUT2D eigenvalue weighted by Gasteiger charge is -2.34. The zero-order valence-corrected chi connectivity index (χ0v) is 18.6. The summed E-state index contributed by atoms with van der Waals surface area (Å²) in [5.41, 5.74) is 4.07. The van der Waals surface area contributed by atoms with Crippen LogP contribution in [-0.4, -0.2) is 13.7 Å². The molecule has 0 fully saturated rings. The van der Waals surface area contributed by atoms with Crippen LogP contribution in [0.15, 0.2) is 42.5 Å². The average molecular weight is 385 g/mol. The molecule has 0 bridgehead atoms. The van der Waals surface area contributed by atoms with Crippen molar-refractivity contribution < 1.29 is 14.5 Å². The Morgan fingerprint density at radius 3 is 1.96 bits per heavy atom. The van der Waals surface area contributed by atoms with Crippen molar-refractivity contribution in [2.24, 2.45) is 5.41 Å². The van der Waals surface area contributed by atoms with Gasteiger partial charge >= 0.3 is 0 Å². The minimum Gasteiger partial charge on any atom is -0.493 e. The molecule has 0 unspecified atom stereocenters. The molecule has 0 N–H and O–H groups in total. The van der Waals surface area contributed by atoms with Crippen molar-refractivity contribution >= 4 is 0 Å².